The Balaban J connectivity index is 3.00. The maximum absolute atomic E-state index is 9.22. The topological polar surface area (TPSA) is 62.4 Å². The number of hydrogen-bond acceptors (Lipinski definition) is 4. The zero-order valence-corrected chi connectivity index (χ0v) is 8.86. The van der Waals surface area contributed by atoms with Crippen LogP contribution in [-0.4, -0.2) is 29.3 Å². The average molecular weight is 195 g/mol. The normalized spacial score (nSPS) is 11.4. The highest BCUT2D eigenvalue weighted by Gasteiger charge is 2.23. The number of nitrogen functional groups attached to an aromatic ring is 1. The molecule has 78 valence electrons. The van der Waals surface area contributed by atoms with Gasteiger partial charge in [0.1, 0.15) is 0 Å². The molecule has 14 heavy (non-hydrogen) atoms. The van der Waals surface area contributed by atoms with Crippen LogP contribution in [0.3, 0.4) is 0 Å². The van der Waals surface area contributed by atoms with Crippen LogP contribution >= 0.6 is 0 Å². The van der Waals surface area contributed by atoms with Crippen molar-refractivity contribution < 1.29 is 5.11 Å². The number of aliphatic hydroxyl groups is 1. The Labute approximate surface area is 84.4 Å². The number of rotatable bonds is 3. The highest BCUT2D eigenvalue weighted by Crippen LogP contribution is 2.26. The minimum atomic E-state index is -0.324. The van der Waals surface area contributed by atoms with E-state index in [9.17, 15) is 5.11 Å². The third-order valence-electron chi connectivity index (χ3n) is 2.48. The Kier molecular flexibility index (Phi) is 2.96. The standard InChI is InChI=1S/C10H17N3O/c1-10(2,7-14)13(3)9-4-5-12-6-8(9)11/h4-6,14H,7,11H2,1-3H3. The van der Waals surface area contributed by atoms with Crippen molar-refractivity contribution in [2.45, 2.75) is 19.4 Å². The molecule has 0 amide bonds. The van der Waals surface area contributed by atoms with E-state index in [1.165, 1.54) is 0 Å². The van der Waals surface area contributed by atoms with Gasteiger partial charge < -0.3 is 15.7 Å². The van der Waals surface area contributed by atoms with Gasteiger partial charge >= 0.3 is 0 Å². The van der Waals surface area contributed by atoms with E-state index in [2.05, 4.69) is 4.98 Å². The number of aliphatic hydroxyl groups excluding tert-OH is 1. The molecule has 0 atom stereocenters. The molecular weight excluding hydrogens is 178 g/mol. The predicted octanol–water partition coefficient (Wildman–Crippen LogP) is 0.871. The molecule has 0 aliphatic carbocycles. The first-order valence-electron chi connectivity index (χ1n) is 4.53. The van der Waals surface area contributed by atoms with Crippen molar-refractivity contribution in [1.29, 1.82) is 0 Å². The molecule has 0 aliphatic rings. The Bertz CT molecular complexity index is 312. The summed E-state index contributed by atoms with van der Waals surface area (Å²) in [4.78, 5) is 5.87. The third-order valence-corrected chi connectivity index (χ3v) is 2.48. The molecule has 0 unspecified atom stereocenters. The van der Waals surface area contributed by atoms with Crippen LogP contribution in [0.4, 0.5) is 11.4 Å². The molecule has 0 fully saturated rings. The monoisotopic (exact) mass is 195 g/mol. The van der Waals surface area contributed by atoms with Gasteiger partial charge in [0.25, 0.3) is 0 Å². The van der Waals surface area contributed by atoms with E-state index < -0.39 is 0 Å². The summed E-state index contributed by atoms with van der Waals surface area (Å²) in [5.41, 5.74) is 6.97. The third kappa shape index (κ3) is 1.96. The summed E-state index contributed by atoms with van der Waals surface area (Å²) in [5.74, 6) is 0. The second-order valence-electron chi connectivity index (χ2n) is 3.96. The number of hydrogen-bond donors (Lipinski definition) is 2. The summed E-state index contributed by atoms with van der Waals surface area (Å²) in [6, 6.07) is 1.84. The molecule has 0 spiro atoms. The van der Waals surface area contributed by atoms with Crippen molar-refractivity contribution in [2.24, 2.45) is 0 Å². The summed E-state index contributed by atoms with van der Waals surface area (Å²) in [7, 11) is 1.90. The quantitative estimate of drug-likeness (QED) is 0.751. The summed E-state index contributed by atoms with van der Waals surface area (Å²) in [6.45, 7) is 3.98. The van der Waals surface area contributed by atoms with Gasteiger partial charge in [0.15, 0.2) is 0 Å². The second kappa shape index (κ2) is 3.84. The van der Waals surface area contributed by atoms with E-state index in [1.807, 2.05) is 31.9 Å². The lowest BCUT2D eigenvalue weighted by Gasteiger charge is -2.36. The van der Waals surface area contributed by atoms with Crippen LogP contribution in [0.5, 0.6) is 0 Å². The van der Waals surface area contributed by atoms with Crippen LogP contribution in [-0.2, 0) is 0 Å². The Morgan fingerprint density at radius 1 is 1.57 bits per heavy atom. The molecule has 4 nitrogen and oxygen atoms in total. The zero-order chi connectivity index (χ0) is 10.8. The second-order valence-corrected chi connectivity index (χ2v) is 3.96. The Hall–Kier alpha value is -1.29. The van der Waals surface area contributed by atoms with Gasteiger partial charge in [-0.2, -0.15) is 0 Å². The largest absolute Gasteiger partial charge is 0.396 e. The van der Waals surface area contributed by atoms with Crippen molar-refractivity contribution in [3.63, 3.8) is 0 Å². The van der Waals surface area contributed by atoms with Gasteiger partial charge in [-0.25, -0.2) is 0 Å². The van der Waals surface area contributed by atoms with Crippen molar-refractivity contribution in [2.75, 3.05) is 24.3 Å². The molecule has 4 heteroatoms. The molecule has 1 rings (SSSR count). The molecular formula is C10H17N3O. The smallest absolute Gasteiger partial charge is 0.0738 e. The minimum Gasteiger partial charge on any atom is -0.396 e. The molecule has 1 aromatic rings. The SMILES string of the molecule is CN(c1ccncc1N)C(C)(C)CO. The number of likely N-dealkylation sites (N-methyl/N-ethyl adjacent to an activating group) is 1. The number of anilines is 2. The first-order valence-corrected chi connectivity index (χ1v) is 4.53. The van der Waals surface area contributed by atoms with Crippen molar-refractivity contribution in [3.05, 3.63) is 18.5 Å². The molecule has 0 bridgehead atoms. The predicted molar refractivity (Wildman–Crippen MR) is 58.2 cm³/mol. The van der Waals surface area contributed by atoms with Gasteiger partial charge in [0, 0.05) is 13.2 Å². The molecule has 0 aliphatic heterocycles. The molecule has 3 N–H and O–H groups in total. The average Bonchev–Trinajstić information content (AvgIpc) is 2.17. The molecule has 0 aromatic carbocycles. The van der Waals surface area contributed by atoms with Crippen molar-refractivity contribution in [3.8, 4) is 0 Å². The molecule has 0 saturated carbocycles. The van der Waals surface area contributed by atoms with E-state index in [0.29, 0.717) is 5.69 Å². The van der Waals surface area contributed by atoms with Gasteiger partial charge in [-0.05, 0) is 19.9 Å². The highest BCUT2D eigenvalue weighted by atomic mass is 16.3. The van der Waals surface area contributed by atoms with E-state index in [1.54, 1.807) is 12.4 Å². The highest BCUT2D eigenvalue weighted by molar-refractivity contribution is 5.66. The summed E-state index contributed by atoms with van der Waals surface area (Å²) in [5, 5.41) is 9.22. The fourth-order valence-electron chi connectivity index (χ4n) is 1.14. The molecule has 1 heterocycles. The van der Waals surface area contributed by atoms with Crippen LogP contribution in [0.15, 0.2) is 18.5 Å². The number of aromatic nitrogens is 1. The van der Waals surface area contributed by atoms with E-state index in [4.69, 9.17) is 5.73 Å². The fraction of sp³-hybridized carbons (Fsp3) is 0.500. The maximum Gasteiger partial charge on any atom is 0.0738 e. The Morgan fingerprint density at radius 3 is 2.71 bits per heavy atom. The van der Waals surface area contributed by atoms with E-state index in [0.717, 1.165) is 5.69 Å². The molecule has 1 aromatic heterocycles. The maximum atomic E-state index is 9.22. The minimum absolute atomic E-state index is 0.0747. The lowest BCUT2D eigenvalue weighted by Crippen LogP contribution is -2.44. The molecule has 0 saturated heterocycles. The number of nitrogens with two attached hydrogens (primary N) is 1. The fourth-order valence-corrected chi connectivity index (χ4v) is 1.14. The van der Waals surface area contributed by atoms with Gasteiger partial charge in [0.2, 0.25) is 0 Å². The van der Waals surface area contributed by atoms with Gasteiger partial charge in [-0.3, -0.25) is 4.98 Å². The van der Waals surface area contributed by atoms with E-state index >= 15 is 0 Å². The van der Waals surface area contributed by atoms with E-state index in [-0.39, 0.29) is 12.1 Å². The van der Waals surface area contributed by atoms with Crippen LogP contribution in [0, 0.1) is 0 Å². The van der Waals surface area contributed by atoms with Gasteiger partial charge in [-0.15, -0.1) is 0 Å². The summed E-state index contributed by atoms with van der Waals surface area (Å²) < 4.78 is 0. The summed E-state index contributed by atoms with van der Waals surface area (Å²) >= 11 is 0. The van der Waals surface area contributed by atoms with Crippen LogP contribution in [0.25, 0.3) is 0 Å². The van der Waals surface area contributed by atoms with Crippen LogP contribution < -0.4 is 10.6 Å². The number of pyridine rings is 1. The first kappa shape index (κ1) is 10.8. The van der Waals surface area contributed by atoms with Crippen molar-refractivity contribution >= 4 is 11.4 Å². The lowest BCUT2D eigenvalue weighted by atomic mass is 10.0. The van der Waals surface area contributed by atoms with Crippen molar-refractivity contribution in [1.82, 2.24) is 4.98 Å². The van der Waals surface area contributed by atoms with Crippen LogP contribution in [0.2, 0.25) is 0 Å². The molecule has 0 radical (unpaired) electrons. The zero-order valence-electron chi connectivity index (χ0n) is 8.86. The first-order chi connectivity index (χ1) is 6.49. The Morgan fingerprint density at radius 2 is 2.21 bits per heavy atom. The number of nitrogens with zero attached hydrogens (tertiary/aromatic N) is 2. The van der Waals surface area contributed by atoms with Crippen LogP contribution in [0.1, 0.15) is 13.8 Å². The lowest BCUT2D eigenvalue weighted by molar-refractivity contribution is 0.216. The van der Waals surface area contributed by atoms with Gasteiger partial charge in [-0.1, -0.05) is 0 Å². The summed E-state index contributed by atoms with van der Waals surface area (Å²) in [6.07, 6.45) is 3.30. The van der Waals surface area contributed by atoms with Gasteiger partial charge in [0.05, 0.1) is 29.7 Å².